The van der Waals surface area contributed by atoms with Gasteiger partial charge in [-0.05, 0) is 61.9 Å². The van der Waals surface area contributed by atoms with Crippen molar-refractivity contribution in [1.82, 2.24) is 9.80 Å². The number of nitrogens with two attached hydrogens (primary N) is 1. The van der Waals surface area contributed by atoms with E-state index in [0.29, 0.717) is 24.0 Å². The molecule has 10 heteroatoms. The molecule has 200 valence electrons. The molecule has 2 aromatic carbocycles. The van der Waals surface area contributed by atoms with Crippen molar-refractivity contribution in [3.63, 3.8) is 0 Å². The molecule has 9 nitrogen and oxygen atoms in total. The summed E-state index contributed by atoms with van der Waals surface area (Å²) in [5, 5.41) is 0. The lowest BCUT2D eigenvalue weighted by atomic mass is 9.89. The number of hydrogen-bond donors (Lipinski definition) is 1. The van der Waals surface area contributed by atoms with E-state index in [1.807, 2.05) is 6.92 Å². The van der Waals surface area contributed by atoms with Gasteiger partial charge in [0.15, 0.2) is 5.60 Å². The summed E-state index contributed by atoms with van der Waals surface area (Å²) in [6.07, 6.45) is 1.22. The summed E-state index contributed by atoms with van der Waals surface area (Å²) in [6, 6.07) is 10.7. The monoisotopic (exact) mass is 523 g/mol. The number of rotatable bonds is 6. The van der Waals surface area contributed by atoms with E-state index in [0.717, 1.165) is 22.4 Å². The molecule has 2 saturated heterocycles. The van der Waals surface area contributed by atoms with E-state index < -0.39 is 35.7 Å². The predicted octanol–water partition coefficient (Wildman–Crippen LogP) is 3.05. The number of imide groups is 1. The number of carbonyl (C=O) groups excluding carboxylic acids is 4. The van der Waals surface area contributed by atoms with E-state index in [4.69, 9.17) is 15.2 Å². The van der Waals surface area contributed by atoms with Crippen molar-refractivity contribution < 1.29 is 33.0 Å². The van der Waals surface area contributed by atoms with Crippen LogP contribution in [0.2, 0.25) is 0 Å². The number of aryl methyl sites for hydroxylation is 1. The van der Waals surface area contributed by atoms with Crippen molar-refractivity contribution in [2.24, 2.45) is 5.73 Å². The number of nitrogens with zero attached hydrogens (tertiary/aromatic N) is 2. The second kappa shape index (κ2) is 9.20. The molecule has 0 saturated carbocycles. The fourth-order valence-electron chi connectivity index (χ4n) is 5.94. The minimum absolute atomic E-state index is 0.105. The van der Waals surface area contributed by atoms with Gasteiger partial charge in [0, 0.05) is 25.1 Å². The molecule has 3 aliphatic rings. The number of fused-ring (bicyclic) bond motifs is 2. The Kier molecular flexibility index (Phi) is 6.25. The second-order valence-electron chi connectivity index (χ2n) is 10.4. The van der Waals surface area contributed by atoms with E-state index >= 15 is 0 Å². The van der Waals surface area contributed by atoms with Gasteiger partial charge in [-0.3, -0.25) is 14.4 Å². The number of carbonyl (C=O) groups is 4. The molecule has 2 aromatic rings. The summed E-state index contributed by atoms with van der Waals surface area (Å²) in [7, 11) is 1.39. The van der Waals surface area contributed by atoms with E-state index in [1.165, 1.54) is 19.2 Å². The van der Waals surface area contributed by atoms with Crippen LogP contribution in [0.4, 0.5) is 9.18 Å². The van der Waals surface area contributed by atoms with Gasteiger partial charge in [-0.15, -0.1) is 0 Å². The molecule has 0 radical (unpaired) electrons. The van der Waals surface area contributed by atoms with Crippen LogP contribution in [-0.4, -0.2) is 53.3 Å². The highest BCUT2D eigenvalue weighted by Crippen LogP contribution is 2.46. The van der Waals surface area contributed by atoms with Crippen LogP contribution < -0.4 is 5.73 Å². The van der Waals surface area contributed by atoms with Crippen molar-refractivity contribution in [3.8, 4) is 0 Å². The third kappa shape index (κ3) is 3.86. The summed E-state index contributed by atoms with van der Waals surface area (Å²) in [5.74, 6) is -1.98. The smallest absolute Gasteiger partial charge is 0.418 e. The van der Waals surface area contributed by atoms with E-state index in [-0.39, 0.29) is 30.2 Å². The maximum Gasteiger partial charge on any atom is 0.418 e. The lowest BCUT2D eigenvalue weighted by Gasteiger charge is -2.30. The summed E-state index contributed by atoms with van der Waals surface area (Å²) < 4.78 is 24.5. The number of halogens is 1. The molecule has 38 heavy (non-hydrogen) atoms. The van der Waals surface area contributed by atoms with Gasteiger partial charge >= 0.3 is 6.09 Å². The largest absolute Gasteiger partial charge is 0.427 e. The van der Waals surface area contributed by atoms with Crippen LogP contribution in [0.3, 0.4) is 0 Å². The number of amides is 4. The number of benzene rings is 2. The molecule has 1 aliphatic carbocycles. The van der Waals surface area contributed by atoms with Crippen LogP contribution in [0.5, 0.6) is 0 Å². The molecule has 2 fully saturated rings. The summed E-state index contributed by atoms with van der Waals surface area (Å²) >= 11 is 0. The van der Waals surface area contributed by atoms with Gasteiger partial charge in [0.05, 0.1) is 6.04 Å². The molecule has 2 N–H and O–H groups in total. The Hall–Kier alpha value is -3.79. The van der Waals surface area contributed by atoms with Crippen molar-refractivity contribution >= 4 is 23.8 Å². The fourth-order valence-corrected chi connectivity index (χ4v) is 5.94. The van der Waals surface area contributed by atoms with E-state index in [1.54, 1.807) is 42.2 Å². The minimum Gasteiger partial charge on any atom is -0.427 e. The minimum atomic E-state index is -1.52. The van der Waals surface area contributed by atoms with Gasteiger partial charge in [0.25, 0.3) is 11.8 Å². The van der Waals surface area contributed by atoms with Gasteiger partial charge < -0.3 is 20.1 Å². The zero-order chi connectivity index (χ0) is 27.4. The first-order valence-electron chi connectivity index (χ1n) is 12.6. The van der Waals surface area contributed by atoms with Gasteiger partial charge in [-0.25, -0.2) is 14.1 Å². The second-order valence-corrected chi connectivity index (χ2v) is 10.4. The molecule has 0 aromatic heterocycles. The first-order valence-corrected chi connectivity index (χ1v) is 12.6. The Bertz CT molecular complexity index is 1330. The quantitative estimate of drug-likeness (QED) is 0.622. The van der Waals surface area contributed by atoms with Crippen LogP contribution in [0.25, 0.3) is 0 Å². The summed E-state index contributed by atoms with van der Waals surface area (Å²) in [5.41, 5.74) is 5.27. The lowest BCUT2D eigenvalue weighted by Crippen LogP contribution is -2.46. The molecular formula is C28H30FN3O6. The van der Waals surface area contributed by atoms with Crippen LogP contribution in [0, 0.1) is 5.82 Å². The Morgan fingerprint density at radius 1 is 1.18 bits per heavy atom. The molecule has 1 unspecified atom stereocenters. The zero-order valence-electron chi connectivity index (χ0n) is 21.5. The Balaban J connectivity index is 1.38. The third-order valence-electron chi connectivity index (χ3n) is 8.29. The van der Waals surface area contributed by atoms with E-state index in [9.17, 15) is 23.6 Å². The van der Waals surface area contributed by atoms with E-state index in [2.05, 4.69) is 0 Å². The van der Waals surface area contributed by atoms with Crippen molar-refractivity contribution in [2.75, 3.05) is 13.7 Å². The number of ether oxygens (including phenoxy) is 2. The highest BCUT2D eigenvalue weighted by atomic mass is 19.1. The average molecular weight is 524 g/mol. The van der Waals surface area contributed by atoms with Gasteiger partial charge in [0.2, 0.25) is 11.5 Å². The third-order valence-corrected chi connectivity index (χ3v) is 8.29. The number of likely N-dealkylation sites (tertiary alicyclic amines) is 1. The van der Waals surface area contributed by atoms with Crippen LogP contribution in [0.15, 0.2) is 42.5 Å². The fraction of sp³-hybridized carbons (Fsp3) is 0.429. The van der Waals surface area contributed by atoms with Crippen molar-refractivity contribution in [3.05, 3.63) is 70.5 Å². The first-order chi connectivity index (χ1) is 18.0. The Labute approximate surface area is 219 Å². The van der Waals surface area contributed by atoms with Gasteiger partial charge in [-0.1, -0.05) is 30.3 Å². The molecule has 2 heterocycles. The first kappa shape index (κ1) is 25.8. The highest BCUT2D eigenvalue weighted by molar-refractivity contribution is 6.06. The molecule has 1 spiro atoms. The summed E-state index contributed by atoms with van der Waals surface area (Å²) in [6.45, 7) is 3.03. The van der Waals surface area contributed by atoms with Crippen LogP contribution >= 0.6 is 0 Å². The Morgan fingerprint density at radius 2 is 1.89 bits per heavy atom. The zero-order valence-corrected chi connectivity index (χ0v) is 21.5. The van der Waals surface area contributed by atoms with Crippen molar-refractivity contribution in [2.45, 2.75) is 62.8 Å². The molecule has 5 rings (SSSR count). The molecule has 2 aliphatic heterocycles. The molecule has 4 atom stereocenters. The SMILES string of the molecule is COC(C)(C(N)=O)c1ccc2c(c1)CC[C@@]21OC(=O)N(CC(=O)N2[C@@H](C)CC[C@H]2c2ccc(F)cc2)C1=O. The van der Waals surface area contributed by atoms with Gasteiger partial charge in [-0.2, -0.15) is 0 Å². The van der Waals surface area contributed by atoms with Crippen molar-refractivity contribution in [1.29, 1.82) is 0 Å². The summed E-state index contributed by atoms with van der Waals surface area (Å²) in [4.78, 5) is 54.6. The maximum absolute atomic E-state index is 13.6. The average Bonchev–Trinajstić information content (AvgIpc) is 3.53. The lowest BCUT2D eigenvalue weighted by molar-refractivity contribution is -0.143. The normalized spacial score (nSPS) is 26.0. The maximum atomic E-state index is 13.6. The van der Waals surface area contributed by atoms with Crippen LogP contribution in [0.1, 0.15) is 61.4 Å². The predicted molar refractivity (Wildman–Crippen MR) is 133 cm³/mol. The number of primary amides is 1. The Morgan fingerprint density at radius 3 is 2.55 bits per heavy atom. The van der Waals surface area contributed by atoms with Crippen LogP contribution in [-0.2, 0) is 41.5 Å². The topological polar surface area (TPSA) is 119 Å². The molecule has 0 bridgehead atoms. The molecular weight excluding hydrogens is 493 g/mol. The molecule has 4 amide bonds. The highest BCUT2D eigenvalue weighted by Gasteiger charge is 2.59. The van der Waals surface area contributed by atoms with Gasteiger partial charge in [0.1, 0.15) is 12.4 Å². The number of methoxy groups -OCH3 is 1. The standard InChI is InChI=1S/C28H30FN3O6/c1-16-4-11-22(17-5-8-20(29)9-6-17)32(16)23(33)15-31-25(35)28(38-26(31)36)13-12-18-14-19(7-10-21(18)28)27(2,37-3)24(30)34/h5-10,14,16,22H,4,11-13,15H2,1-3H3,(H2,30,34)/t16-,22-,27?,28+/m0/s1. The number of hydrogen-bond acceptors (Lipinski definition) is 6.